The quantitative estimate of drug-likeness (QED) is 0.350. The van der Waals surface area contributed by atoms with Gasteiger partial charge in [-0.25, -0.2) is 4.79 Å². The van der Waals surface area contributed by atoms with Gasteiger partial charge in [-0.2, -0.15) is 0 Å². The Balaban J connectivity index is 2.02. The standard InChI is InChI=1S/C23H25ClN2O4S/c1-4-29-19-11-5-16(6-12-19)21-20(22(27)30-14-13-28-3)15(2)26(23(31)25-21)18-9-7-17(24)8-10-18/h5-12,21H,4,13-14H2,1-3H3,(H,25,31). The third-order valence-corrected chi connectivity index (χ3v) is 5.39. The molecule has 2 aromatic rings. The minimum absolute atomic E-state index is 0.160. The van der Waals surface area contributed by atoms with E-state index in [-0.39, 0.29) is 6.61 Å². The minimum Gasteiger partial charge on any atom is -0.494 e. The van der Waals surface area contributed by atoms with Gasteiger partial charge in [0.2, 0.25) is 0 Å². The maximum atomic E-state index is 13.1. The van der Waals surface area contributed by atoms with Gasteiger partial charge in [-0.3, -0.25) is 4.90 Å². The minimum atomic E-state index is -0.457. The molecule has 1 aliphatic heterocycles. The van der Waals surface area contributed by atoms with Crippen molar-refractivity contribution < 1.29 is 19.0 Å². The van der Waals surface area contributed by atoms with Crippen LogP contribution in [0.2, 0.25) is 5.02 Å². The number of nitrogens with one attached hydrogen (secondary N) is 1. The Morgan fingerprint density at radius 1 is 1.13 bits per heavy atom. The van der Waals surface area contributed by atoms with E-state index in [1.165, 1.54) is 0 Å². The molecule has 0 aliphatic carbocycles. The second kappa shape index (κ2) is 10.6. The van der Waals surface area contributed by atoms with E-state index in [1.54, 1.807) is 19.2 Å². The van der Waals surface area contributed by atoms with Crippen molar-refractivity contribution in [3.8, 4) is 5.75 Å². The molecule has 8 heteroatoms. The van der Waals surface area contributed by atoms with Crippen LogP contribution in [-0.4, -0.2) is 38.0 Å². The van der Waals surface area contributed by atoms with Gasteiger partial charge < -0.3 is 19.5 Å². The monoisotopic (exact) mass is 460 g/mol. The van der Waals surface area contributed by atoms with E-state index >= 15 is 0 Å². The maximum Gasteiger partial charge on any atom is 0.338 e. The van der Waals surface area contributed by atoms with Gasteiger partial charge in [-0.15, -0.1) is 0 Å². The fourth-order valence-electron chi connectivity index (χ4n) is 3.38. The number of hydrogen-bond acceptors (Lipinski definition) is 5. The van der Waals surface area contributed by atoms with Crippen molar-refractivity contribution in [1.29, 1.82) is 0 Å². The summed E-state index contributed by atoms with van der Waals surface area (Å²) < 4.78 is 16.0. The summed E-state index contributed by atoms with van der Waals surface area (Å²) >= 11 is 11.7. The summed E-state index contributed by atoms with van der Waals surface area (Å²) in [7, 11) is 1.56. The van der Waals surface area contributed by atoms with Crippen molar-refractivity contribution in [2.24, 2.45) is 0 Å². The molecule has 1 atom stereocenters. The first-order valence-electron chi connectivity index (χ1n) is 9.92. The highest BCUT2D eigenvalue weighted by Gasteiger charge is 2.35. The molecule has 0 fully saturated rings. The Morgan fingerprint density at radius 2 is 1.81 bits per heavy atom. The third-order valence-electron chi connectivity index (χ3n) is 4.83. The topological polar surface area (TPSA) is 60.0 Å². The van der Waals surface area contributed by atoms with Gasteiger partial charge >= 0.3 is 5.97 Å². The molecule has 0 saturated heterocycles. The van der Waals surface area contributed by atoms with Crippen LogP contribution in [0.4, 0.5) is 5.69 Å². The largest absolute Gasteiger partial charge is 0.494 e. The lowest BCUT2D eigenvalue weighted by Gasteiger charge is -2.37. The van der Waals surface area contributed by atoms with E-state index in [9.17, 15) is 4.79 Å². The van der Waals surface area contributed by atoms with Gasteiger partial charge in [0, 0.05) is 23.5 Å². The molecule has 0 aromatic heterocycles. The average molecular weight is 461 g/mol. The van der Waals surface area contributed by atoms with Crippen molar-refractivity contribution in [2.75, 3.05) is 31.8 Å². The molecule has 164 valence electrons. The van der Waals surface area contributed by atoms with Crippen LogP contribution in [0.15, 0.2) is 59.8 Å². The smallest absolute Gasteiger partial charge is 0.338 e. The molecule has 0 radical (unpaired) electrons. The first-order chi connectivity index (χ1) is 15.0. The Hall–Kier alpha value is -2.61. The lowest BCUT2D eigenvalue weighted by Crippen LogP contribution is -2.48. The lowest BCUT2D eigenvalue weighted by atomic mass is 9.94. The van der Waals surface area contributed by atoms with Crippen LogP contribution >= 0.6 is 23.8 Å². The summed E-state index contributed by atoms with van der Waals surface area (Å²) in [5.41, 5.74) is 2.84. The Morgan fingerprint density at radius 3 is 2.42 bits per heavy atom. The number of halogens is 1. The number of benzene rings is 2. The molecule has 0 saturated carbocycles. The Kier molecular flexibility index (Phi) is 7.90. The van der Waals surface area contributed by atoms with Crippen LogP contribution in [-0.2, 0) is 14.3 Å². The number of anilines is 1. The second-order valence-electron chi connectivity index (χ2n) is 6.82. The highest BCUT2D eigenvalue weighted by atomic mass is 35.5. The van der Waals surface area contributed by atoms with Gasteiger partial charge in [-0.1, -0.05) is 23.7 Å². The van der Waals surface area contributed by atoms with Crippen molar-refractivity contribution in [1.82, 2.24) is 5.32 Å². The van der Waals surface area contributed by atoms with E-state index in [2.05, 4.69) is 5.32 Å². The SMILES string of the molecule is CCOc1ccc(C2NC(=S)N(c3ccc(Cl)cc3)C(C)=C2C(=O)OCCOC)cc1. The van der Waals surface area contributed by atoms with E-state index in [0.29, 0.717) is 34.6 Å². The van der Waals surface area contributed by atoms with E-state index in [4.69, 9.17) is 38.0 Å². The van der Waals surface area contributed by atoms with Crippen molar-refractivity contribution in [3.05, 3.63) is 70.4 Å². The second-order valence-corrected chi connectivity index (χ2v) is 7.65. The number of carbonyl (C=O) groups is 1. The molecule has 2 aromatic carbocycles. The van der Waals surface area contributed by atoms with Crippen LogP contribution in [0.1, 0.15) is 25.5 Å². The molecule has 0 bridgehead atoms. The Labute approximate surface area is 192 Å². The number of methoxy groups -OCH3 is 1. The number of nitrogens with zero attached hydrogens (tertiary/aromatic N) is 1. The fourth-order valence-corrected chi connectivity index (χ4v) is 3.86. The first kappa shape index (κ1) is 23.1. The summed E-state index contributed by atoms with van der Waals surface area (Å²) in [4.78, 5) is 14.9. The summed E-state index contributed by atoms with van der Waals surface area (Å²) in [5, 5.41) is 4.39. The zero-order valence-electron chi connectivity index (χ0n) is 17.7. The lowest BCUT2D eigenvalue weighted by molar-refractivity contribution is -0.140. The molecule has 1 N–H and O–H groups in total. The average Bonchev–Trinajstić information content (AvgIpc) is 2.75. The molecule has 1 aliphatic rings. The number of rotatable bonds is 8. The molecular weight excluding hydrogens is 436 g/mol. The van der Waals surface area contributed by atoms with Crippen molar-refractivity contribution in [3.63, 3.8) is 0 Å². The molecule has 31 heavy (non-hydrogen) atoms. The summed E-state index contributed by atoms with van der Waals surface area (Å²) in [6.45, 7) is 4.85. The van der Waals surface area contributed by atoms with E-state index in [1.807, 2.05) is 55.1 Å². The molecule has 0 amide bonds. The summed E-state index contributed by atoms with van der Waals surface area (Å²) in [5.74, 6) is 0.333. The molecule has 0 spiro atoms. The van der Waals surface area contributed by atoms with Crippen LogP contribution in [0.3, 0.4) is 0 Å². The van der Waals surface area contributed by atoms with Gasteiger partial charge in [-0.05, 0) is 68.0 Å². The van der Waals surface area contributed by atoms with Crippen LogP contribution in [0.25, 0.3) is 0 Å². The molecular formula is C23H25ClN2O4S. The van der Waals surface area contributed by atoms with Gasteiger partial charge in [0.25, 0.3) is 0 Å². The number of hydrogen-bond donors (Lipinski definition) is 1. The molecule has 1 heterocycles. The zero-order chi connectivity index (χ0) is 22.4. The Bertz CT molecular complexity index is 961. The predicted molar refractivity (Wildman–Crippen MR) is 126 cm³/mol. The highest BCUT2D eigenvalue weighted by Crippen LogP contribution is 2.35. The van der Waals surface area contributed by atoms with Gasteiger partial charge in [0.15, 0.2) is 5.11 Å². The van der Waals surface area contributed by atoms with Crippen LogP contribution in [0.5, 0.6) is 5.75 Å². The molecule has 6 nitrogen and oxygen atoms in total. The number of allylic oxidation sites excluding steroid dienone is 1. The normalized spacial score (nSPS) is 16.2. The number of esters is 1. The number of thiocarbonyl (C=S) groups is 1. The third kappa shape index (κ3) is 5.36. The predicted octanol–water partition coefficient (Wildman–Crippen LogP) is 4.64. The van der Waals surface area contributed by atoms with Gasteiger partial charge in [0.05, 0.1) is 24.8 Å². The van der Waals surface area contributed by atoms with E-state index < -0.39 is 12.0 Å². The summed E-state index contributed by atoms with van der Waals surface area (Å²) in [6, 6.07) is 14.4. The first-order valence-corrected chi connectivity index (χ1v) is 10.7. The highest BCUT2D eigenvalue weighted by molar-refractivity contribution is 7.80. The summed E-state index contributed by atoms with van der Waals surface area (Å²) in [6.07, 6.45) is 0. The van der Waals surface area contributed by atoms with Crippen molar-refractivity contribution >= 4 is 40.6 Å². The van der Waals surface area contributed by atoms with E-state index in [0.717, 1.165) is 17.0 Å². The zero-order valence-corrected chi connectivity index (χ0v) is 19.3. The molecule has 1 unspecified atom stereocenters. The fraction of sp³-hybridized carbons (Fsp3) is 0.304. The maximum absolute atomic E-state index is 13.1. The number of ether oxygens (including phenoxy) is 3. The number of carbonyl (C=O) groups excluding carboxylic acids is 1. The molecule has 3 rings (SSSR count). The van der Waals surface area contributed by atoms with Crippen LogP contribution in [0, 0.1) is 0 Å². The van der Waals surface area contributed by atoms with Crippen LogP contribution < -0.4 is 15.0 Å². The van der Waals surface area contributed by atoms with Gasteiger partial charge in [0.1, 0.15) is 12.4 Å². The van der Waals surface area contributed by atoms with Crippen molar-refractivity contribution in [2.45, 2.75) is 19.9 Å².